The summed E-state index contributed by atoms with van der Waals surface area (Å²) in [7, 11) is 0. The van der Waals surface area contributed by atoms with Gasteiger partial charge in [-0.2, -0.15) is 5.10 Å². The molecule has 0 aliphatic heterocycles. The Hall–Kier alpha value is -2.46. The molecule has 0 aliphatic rings. The molecule has 11 heteroatoms. The Morgan fingerprint density at radius 2 is 1.87 bits per heavy atom. The number of pyridine rings is 1. The minimum atomic E-state index is -0.735. The van der Waals surface area contributed by atoms with Crippen molar-refractivity contribution in [3.63, 3.8) is 0 Å². The summed E-state index contributed by atoms with van der Waals surface area (Å²) < 4.78 is 2.49. The Morgan fingerprint density at radius 1 is 1.10 bits per heavy atom. The van der Waals surface area contributed by atoms with E-state index in [-0.39, 0.29) is 27.8 Å². The molecule has 0 unspecified atom stereocenters. The molecule has 0 spiro atoms. The zero-order chi connectivity index (χ0) is 22.3. The molecule has 0 saturated carbocycles. The average molecular weight is 584 g/mol. The van der Waals surface area contributed by atoms with Crippen LogP contribution in [0.4, 0.5) is 5.69 Å². The van der Waals surface area contributed by atoms with E-state index >= 15 is 0 Å². The van der Waals surface area contributed by atoms with E-state index < -0.39 is 11.8 Å². The Kier molecular flexibility index (Phi) is 6.02. The van der Waals surface area contributed by atoms with Crippen molar-refractivity contribution in [3.8, 4) is 5.82 Å². The molecule has 4 rings (SSSR count). The highest BCUT2D eigenvalue weighted by atomic mass is 79.9. The first-order chi connectivity index (χ1) is 14.8. The van der Waals surface area contributed by atoms with Crippen LogP contribution in [0, 0.1) is 0 Å². The van der Waals surface area contributed by atoms with Crippen LogP contribution in [0.3, 0.4) is 0 Å². The molecule has 0 fully saturated rings. The van der Waals surface area contributed by atoms with Crippen LogP contribution in [0.5, 0.6) is 0 Å². The second-order valence-corrected chi connectivity index (χ2v) is 8.88. The van der Waals surface area contributed by atoms with Crippen molar-refractivity contribution >= 4 is 83.3 Å². The third-order valence-corrected chi connectivity index (χ3v) is 5.96. The summed E-state index contributed by atoms with van der Waals surface area (Å²) in [5.74, 6) is -1.05. The molecule has 2 amide bonds. The number of amides is 2. The highest BCUT2D eigenvalue weighted by Crippen LogP contribution is 2.36. The zero-order valence-electron chi connectivity index (χ0n) is 15.4. The normalized spacial score (nSPS) is 11.0. The molecule has 0 atom stereocenters. The van der Waals surface area contributed by atoms with Crippen LogP contribution in [0.25, 0.3) is 16.6 Å². The van der Waals surface area contributed by atoms with Crippen LogP contribution in [0.2, 0.25) is 10.0 Å². The summed E-state index contributed by atoms with van der Waals surface area (Å²) in [6.07, 6.45) is 1.53. The van der Waals surface area contributed by atoms with Gasteiger partial charge in [0, 0.05) is 22.1 Å². The predicted molar refractivity (Wildman–Crippen MR) is 127 cm³/mol. The fraction of sp³-hybridized carbons (Fsp3) is 0. The maximum atomic E-state index is 13.2. The molecular formula is C20H11Br2Cl2N5O2. The van der Waals surface area contributed by atoms with Gasteiger partial charge in [0.05, 0.1) is 21.3 Å². The summed E-state index contributed by atoms with van der Waals surface area (Å²) in [6, 6.07) is 11.7. The maximum absolute atomic E-state index is 13.2. The molecule has 0 radical (unpaired) electrons. The van der Waals surface area contributed by atoms with Crippen molar-refractivity contribution in [1.29, 1.82) is 0 Å². The lowest BCUT2D eigenvalue weighted by Gasteiger charge is -2.14. The summed E-state index contributed by atoms with van der Waals surface area (Å²) >= 11 is 19.4. The van der Waals surface area contributed by atoms with Gasteiger partial charge in [0.25, 0.3) is 11.8 Å². The van der Waals surface area contributed by atoms with Crippen molar-refractivity contribution in [1.82, 2.24) is 14.8 Å². The number of carbonyl (C=O) groups excluding carboxylic acids is 2. The molecule has 2 heterocycles. The lowest BCUT2D eigenvalue weighted by Crippen LogP contribution is -2.21. The fourth-order valence-corrected chi connectivity index (χ4v) is 4.31. The highest BCUT2D eigenvalue weighted by molar-refractivity contribution is 9.10. The van der Waals surface area contributed by atoms with E-state index in [2.05, 4.69) is 47.3 Å². The number of primary amides is 1. The van der Waals surface area contributed by atoms with Gasteiger partial charge in [-0.15, -0.1) is 0 Å². The quantitative estimate of drug-likeness (QED) is 0.326. The Labute approximate surface area is 202 Å². The number of hydrogen-bond acceptors (Lipinski definition) is 4. The van der Waals surface area contributed by atoms with Gasteiger partial charge >= 0.3 is 0 Å². The van der Waals surface area contributed by atoms with Crippen LogP contribution in [0.1, 0.15) is 20.8 Å². The minimum absolute atomic E-state index is 0.0740. The molecule has 4 aromatic rings. The third kappa shape index (κ3) is 4.18. The SMILES string of the molecule is NC(=O)c1cc2cc(Br)ccc2c(Cl)c1NC(=O)c1cc(Br)nn1-c1ncccc1Cl. The van der Waals surface area contributed by atoms with Gasteiger partial charge in [-0.05, 0) is 51.6 Å². The van der Waals surface area contributed by atoms with E-state index in [1.54, 1.807) is 36.4 Å². The average Bonchev–Trinajstić information content (AvgIpc) is 3.11. The number of fused-ring (bicyclic) bond motifs is 1. The molecule has 156 valence electrons. The van der Waals surface area contributed by atoms with Crippen LogP contribution in [-0.2, 0) is 0 Å². The van der Waals surface area contributed by atoms with Crippen LogP contribution in [-0.4, -0.2) is 26.6 Å². The van der Waals surface area contributed by atoms with Gasteiger partial charge in [0.15, 0.2) is 5.82 Å². The number of carbonyl (C=O) groups is 2. The van der Waals surface area contributed by atoms with Crippen LogP contribution < -0.4 is 11.1 Å². The van der Waals surface area contributed by atoms with Gasteiger partial charge in [0.1, 0.15) is 10.3 Å². The van der Waals surface area contributed by atoms with Crippen molar-refractivity contribution in [3.05, 3.63) is 79.0 Å². The van der Waals surface area contributed by atoms with E-state index in [9.17, 15) is 9.59 Å². The van der Waals surface area contributed by atoms with E-state index in [1.165, 1.54) is 16.9 Å². The number of nitrogens with zero attached hydrogens (tertiary/aromatic N) is 3. The topological polar surface area (TPSA) is 103 Å². The second kappa shape index (κ2) is 8.58. The van der Waals surface area contributed by atoms with Gasteiger partial charge < -0.3 is 11.1 Å². The van der Waals surface area contributed by atoms with Gasteiger partial charge in [-0.3, -0.25) is 9.59 Å². The molecule has 0 bridgehead atoms. The number of anilines is 1. The smallest absolute Gasteiger partial charge is 0.274 e. The summed E-state index contributed by atoms with van der Waals surface area (Å²) in [6.45, 7) is 0. The number of benzene rings is 2. The number of hydrogen-bond donors (Lipinski definition) is 2. The van der Waals surface area contributed by atoms with Crippen molar-refractivity contribution in [2.45, 2.75) is 0 Å². The van der Waals surface area contributed by atoms with Crippen molar-refractivity contribution in [2.24, 2.45) is 5.73 Å². The van der Waals surface area contributed by atoms with Crippen LogP contribution >= 0.6 is 55.1 Å². The standard InChI is InChI=1S/C20H11Br2Cl2N5O2/c21-10-3-4-11-9(6-10)7-12(18(25)30)17(16(11)24)27-20(31)14-8-15(22)28-29(14)19-13(23)2-1-5-26-19/h1-8H,(H2,25,30)(H,27,31). The van der Waals surface area contributed by atoms with E-state index in [4.69, 9.17) is 28.9 Å². The summed E-state index contributed by atoms with van der Waals surface area (Å²) in [5, 5.41) is 8.76. The second-order valence-electron chi connectivity index (χ2n) is 6.37. The summed E-state index contributed by atoms with van der Waals surface area (Å²) in [4.78, 5) is 29.5. The van der Waals surface area contributed by atoms with E-state index in [0.29, 0.717) is 20.4 Å². The number of halogens is 4. The molecule has 2 aromatic heterocycles. The molecule has 0 saturated heterocycles. The monoisotopic (exact) mass is 581 g/mol. The van der Waals surface area contributed by atoms with Crippen molar-refractivity contribution < 1.29 is 9.59 Å². The summed E-state index contributed by atoms with van der Waals surface area (Å²) in [5.41, 5.74) is 5.85. The lowest BCUT2D eigenvalue weighted by atomic mass is 10.0. The largest absolute Gasteiger partial charge is 0.366 e. The van der Waals surface area contributed by atoms with Gasteiger partial charge in [-0.25, -0.2) is 9.67 Å². The lowest BCUT2D eigenvalue weighted by molar-refractivity contribution is 0.100. The van der Waals surface area contributed by atoms with Crippen LogP contribution in [0.15, 0.2) is 57.7 Å². The predicted octanol–water partition coefficient (Wildman–Crippen LogP) is 5.60. The molecule has 31 heavy (non-hydrogen) atoms. The number of nitrogens with one attached hydrogen (secondary N) is 1. The molecule has 0 aliphatic carbocycles. The first-order valence-corrected chi connectivity index (χ1v) is 11.0. The fourth-order valence-electron chi connectivity index (χ4n) is 3.04. The first kappa shape index (κ1) is 21.8. The molecular weight excluding hydrogens is 573 g/mol. The van der Waals surface area contributed by atoms with E-state index in [1.807, 2.05) is 0 Å². The van der Waals surface area contributed by atoms with Gasteiger partial charge in [-0.1, -0.05) is 45.2 Å². The third-order valence-electron chi connectivity index (χ3n) is 4.39. The van der Waals surface area contributed by atoms with E-state index in [0.717, 1.165) is 4.47 Å². The Bertz CT molecular complexity index is 1370. The zero-order valence-corrected chi connectivity index (χ0v) is 20.0. The number of rotatable bonds is 4. The maximum Gasteiger partial charge on any atom is 0.274 e. The number of aromatic nitrogens is 3. The molecule has 2 aromatic carbocycles. The Morgan fingerprint density at radius 3 is 2.58 bits per heavy atom. The Balaban J connectivity index is 1.82. The number of nitrogens with two attached hydrogens (primary N) is 1. The molecule has 7 nitrogen and oxygen atoms in total. The van der Waals surface area contributed by atoms with Crippen molar-refractivity contribution in [2.75, 3.05) is 5.32 Å². The first-order valence-electron chi connectivity index (χ1n) is 8.65. The van der Waals surface area contributed by atoms with Gasteiger partial charge in [0.2, 0.25) is 0 Å². The highest BCUT2D eigenvalue weighted by Gasteiger charge is 2.23. The molecule has 3 N–H and O–H groups in total. The minimum Gasteiger partial charge on any atom is -0.366 e.